The van der Waals surface area contributed by atoms with Crippen LogP contribution in [0.25, 0.3) is 0 Å². The summed E-state index contributed by atoms with van der Waals surface area (Å²) >= 11 is 0. The molecule has 1 fully saturated rings. The van der Waals surface area contributed by atoms with E-state index in [0.717, 1.165) is 25.5 Å². The lowest BCUT2D eigenvalue weighted by molar-refractivity contribution is -0.0924. The molecule has 1 saturated heterocycles. The molecule has 0 atom stereocenters. The fraction of sp³-hybridized carbons (Fsp3) is 0.727. The Kier molecular flexibility index (Phi) is 2.46. The Bertz CT molecular complexity index is 366. The van der Waals surface area contributed by atoms with E-state index in [-0.39, 0.29) is 0 Å². The smallest absolute Gasteiger partial charge is 0.0827 e. The fourth-order valence-electron chi connectivity index (χ4n) is 1.88. The zero-order chi connectivity index (χ0) is 11.1. The molecule has 0 aromatic carbocycles. The van der Waals surface area contributed by atoms with Crippen molar-refractivity contribution in [1.29, 1.82) is 0 Å². The Labute approximate surface area is 90.6 Å². The van der Waals surface area contributed by atoms with Crippen LogP contribution in [0.4, 0.5) is 5.69 Å². The molecule has 0 aliphatic carbocycles. The summed E-state index contributed by atoms with van der Waals surface area (Å²) in [4.78, 5) is 0. The van der Waals surface area contributed by atoms with Gasteiger partial charge in [-0.3, -0.25) is 4.68 Å². The Hall–Kier alpha value is -1.03. The molecule has 2 rings (SSSR count). The number of aryl methyl sites for hydroxylation is 2. The number of aromatic nitrogens is 2. The largest absolute Gasteiger partial charge is 0.381 e. The minimum absolute atomic E-state index is 0.300. The number of anilines is 1. The van der Waals surface area contributed by atoms with Crippen molar-refractivity contribution in [2.24, 2.45) is 12.5 Å². The lowest BCUT2D eigenvalue weighted by Crippen LogP contribution is -2.45. The summed E-state index contributed by atoms with van der Waals surface area (Å²) in [5, 5.41) is 7.86. The summed E-state index contributed by atoms with van der Waals surface area (Å²) in [6.45, 7) is 9.04. The van der Waals surface area contributed by atoms with Crippen molar-refractivity contribution in [2.75, 3.05) is 25.1 Å². The minimum atomic E-state index is 0.300. The van der Waals surface area contributed by atoms with Crippen molar-refractivity contribution >= 4 is 5.69 Å². The van der Waals surface area contributed by atoms with Crippen LogP contribution in [0.5, 0.6) is 0 Å². The quantitative estimate of drug-likeness (QED) is 0.819. The third-order valence-corrected chi connectivity index (χ3v) is 3.10. The highest BCUT2D eigenvalue weighted by Gasteiger charge is 2.33. The molecule has 15 heavy (non-hydrogen) atoms. The highest BCUT2D eigenvalue weighted by atomic mass is 16.5. The van der Waals surface area contributed by atoms with Crippen molar-refractivity contribution in [2.45, 2.75) is 20.8 Å². The highest BCUT2D eigenvalue weighted by Crippen LogP contribution is 2.28. The fourth-order valence-corrected chi connectivity index (χ4v) is 1.88. The average molecular weight is 209 g/mol. The van der Waals surface area contributed by atoms with Crippen LogP contribution in [0.15, 0.2) is 0 Å². The minimum Gasteiger partial charge on any atom is -0.381 e. The van der Waals surface area contributed by atoms with E-state index in [2.05, 4.69) is 24.3 Å². The second-order valence-corrected chi connectivity index (χ2v) is 4.83. The van der Waals surface area contributed by atoms with Crippen molar-refractivity contribution in [1.82, 2.24) is 9.78 Å². The molecule has 1 aliphatic heterocycles. The van der Waals surface area contributed by atoms with E-state index in [9.17, 15) is 0 Å². The predicted octanol–water partition coefficient (Wildman–Crippen LogP) is 1.49. The van der Waals surface area contributed by atoms with Gasteiger partial charge in [0.25, 0.3) is 0 Å². The Balaban J connectivity index is 2.04. The molecule has 0 amide bonds. The monoisotopic (exact) mass is 209 g/mol. The molecule has 2 heterocycles. The molecule has 4 nitrogen and oxygen atoms in total. The first-order valence-electron chi connectivity index (χ1n) is 5.34. The van der Waals surface area contributed by atoms with E-state index in [1.54, 1.807) is 0 Å². The molecular formula is C11H19N3O. The standard InChI is InChI=1S/C11H19N3O/c1-8-10(9(2)14(4)13-8)12-5-11(3)6-15-7-11/h12H,5-7H2,1-4H3. The molecule has 1 aliphatic rings. The van der Waals surface area contributed by atoms with Gasteiger partial charge in [-0.05, 0) is 13.8 Å². The topological polar surface area (TPSA) is 39.1 Å². The molecule has 84 valence electrons. The van der Waals surface area contributed by atoms with Crippen LogP contribution >= 0.6 is 0 Å². The van der Waals surface area contributed by atoms with Gasteiger partial charge in [-0.2, -0.15) is 5.10 Å². The molecule has 4 heteroatoms. The number of ether oxygens (including phenoxy) is 1. The molecule has 0 saturated carbocycles. The molecule has 0 radical (unpaired) electrons. The second kappa shape index (κ2) is 3.52. The Morgan fingerprint density at radius 2 is 2.13 bits per heavy atom. The second-order valence-electron chi connectivity index (χ2n) is 4.83. The average Bonchev–Trinajstić information content (AvgIpc) is 2.36. The van der Waals surface area contributed by atoms with E-state index in [0.29, 0.717) is 5.41 Å². The summed E-state index contributed by atoms with van der Waals surface area (Å²) in [5.74, 6) is 0. The lowest BCUT2D eigenvalue weighted by atomic mass is 9.88. The van der Waals surface area contributed by atoms with Crippen LogP contribution in [0.1, 0.15) is 18.3 Å². The molecule has 1 aromatic heterocycles. The normalized spacial score (nSPS) is 18.7. The molecule has 0 spiro atoms. The summed E-state index contributed by atoms with van der Waals surface area (Å²) < 4.78 is 7.15. The van der Waals surface area contributed by atoms with Gasteiger partial charge >= 0.3 is 0 Å². The van der Waals surface area contributed by atoms with Crippen LogP contribution in [0.3, 0.4) is 0 Å². The lowest BCUT2D eigenvalue weighted by Gasteiger charge is -2.38. The van der Waals surface area contributed by atoms with Gasteiger partial charge in [-0.15, -0.1) is 0 Å². The highest BCUT2D eigenvalue weighted by molar-refractivity contribution is 5.52. The number of hydrogen-bond donors (Lipinski definition) is 1. The zero-order valence-corrected chi connectivity index (χ0v) is 9.92. The number of hydrogen-bond acceptors (Lipinski definition) is 3. The summed E-state index contributed by atoms with van der Waals surface area (Å²) in [5.41, 5.74) is 3.73. The molecular weight excluding hydrogens is 190 g/mol. The third-order valence-electron chi connectivity index (χ3n) is 3.10. The maximum Gasteiger partial charge on any atom is 0.0827 e. The first kappa shape index (κ1) is 10.5. The Morgan fingerprint density at radius 3 is 2.53 bits per heavy atom. The van der Waals surface area contributed by atoms with Gasteiger partial charge in [0.15, 0.2) is 0 Å². The predicted molar refractivity (Wildman–Crippen MR) is 60.1 cm³/mol. The van der Waals surface area contributed by atoms with E-state index < -0.39 is 0 Å². The van der Waals surface area contributed by atoms with Crippen molar-refractivity contribution in [3.8, 4) is 0 Å². The molecule has 0 unspecified atom stereocenters. The summed E-state index contributed by atoms with van der Waals surface area (Å²) in [7, 11) is 1.97. The number of rotatable bonds is 3. The van der Waals surface area contributed by atoms with Gasteiger partial charge < -0.3 is 10.1 Å². The van der Waals surface area contributed by atoms with Crippen LogP contribution < -0.4 is 5.32 Å². The van der Waals surface area contributed by atoms with E-state index in [1.165, 1.54) is 11.4 Å². The van der Waals surface area contributed by atoms with Gasteiger partial charge in [0.1, 0.15) is 0 Å². The van der Waals surface area contributed by atoms with E-state index >= 15 is 0 Å². The first-order chi connectivity index (χ1) is 7.02. The van der Waals surface area contributed by atoms with Gasteiger partial charge in [0.05, 0.1) is 30.3 Å². The zero-order valence-electron chi connectivity index (χ0n) is 9.92. The van der Waals surface area contributed by atoms with Crippen LogP contribution in [-0.4, -0.2) is 29.5 Å². The van der Waals surface area contributed by atoms with Gasteiger partial charge in [0.2, 0.25) is 0 Å². The van der Waals surface area contributed by atoms with Crippen molar-refractivity contribution in [3.05, 3.63) is 11.4 Å². The molecule has 1 aromatic rings. The summed E-state index contributed by atoms with van der Waals surface area (Å²) in [6.07, 6.45) is 0. The maximum absolute atomic E-state index is 5.23. The van der Waals surface area contributed by atoms with Gasteiger partial charge in [-0.1, -0.05) is 6.92 Å². The van der Waals surface area contributed by atoms with Crippen LogP contribution in [-0.2, 0) is 11.8 Å². The van der Waals surface area contributed by atoms with Crippen molar-refractivity contribution in [3.63, 3.8) is 0 Å². The Morgan fingerprint density at radius 1 is 1.47 bits per heavy atom. The van der Waals surface area contributed by atoms with Crippen LogP contribution in [0, 0.1) is 19.3 Å². The SMILES string of the molecule is Cc1nn(C)c(C)c1NCC1(C)COC1. The molecule has 1 N–H and O–H groups in total. The molecule has 0 bridgehead atoms. The third kappa shape index (κ3) is 1.86. The summed E-state index contributed by atoms with van der Waals surface area (Å²) in [6, 6.07) is 0. The van der Waals surface area contributed by atoms with Crippen molar-refractivity contribution < 1.29 is 4.74 Å². The van der Waals surface area contributed by atoms with Gasteiger partial charge in [-0.25, -0.2) is 0 Å². The number of nitrogens with zero attached hydrogens (tertiary/aromatic N) is 2. The number of nitrogens with one attached hydrogen (secondary N) is 1. The van der Waals surface area contributed by atoms with E-state index in [4.69, 9.17) is 4.74 Å². The first-order valence-corrected chi connectivity index (χ1v) is 5.34. The maximum atomic E-state index is 5.23. The van der Waals surface area contributed by atoms with E-state index in [1.807, 2.05) is 18.7 Å². The van der Waals surface area contributed by atoms with Gasteiger partial charge in [0, 0.05) is 19.0 Å². The van der Waals surface area contributed by atoms with Crippen LogP contribution in [0.2, 0.25) is 0 Å².